The van der Waals surface area contributed by atoms with E-state index in [4.69, 9.17) is 18.9 Å². The third kappa shape index (κ3) is 6.24. The van der Waals surface area contributed by atoms with Crippen LogP contribution in [-0.4, -0.2) is 74.4 Å². The predicted octanol–water partition coefficient (Wildman–Crippen LogP) is 3.60. The van der Waals surface area contributed by atoms with Crippen LogP contribution < -0.4 is 10.6 Å². The van der Waals surface area contributed by atoms with Gasteiger partial charge in [0.15, 0.2) is 29.5 Å². The Balaban J connectivity index is 1.23. The zero-order chi connectivity index (χ0) is 29.8. The van der Waals surface area contributed by atoms with Gasteiger partial charge in [0, 0.05) is 6.54 Å². The molecule has 0 spiro atoms. The second kappa shape index (κ2) is 12.7. The van der Waals surface area contributed by atoms with Crippen molar-refractivity contribution in [3.8, 4) is 0 Å². The first kappa shape index (κ1) is 28.4. The third-order valence-corrected chi connectivity index (χ3v) is 7.04. The van der Waals surface area contributed by atoms with E-state index in [1.807, 2.05) is 49.4 Å². The fourth-order valence-corrected chi connectivity index (χ4v) is 5.09. The normalized spacial score (nSPS) is 23.0. The number of carbonyl (C=O) groups is 2. The second-order valence-electron chi connectivity index (χ2n) is 9.96. The molecule has 2 aromatic heterocycles. The lowest BCUT2D eigenvalue weighted by molar-refractivity contribution is -0.139. The number of fused-ring (bicyclic) bond motifs is 2. The molecule has 222 valence electrons. The van der Waals surface area contributed by atoms with Crippen molar-refractivity contribution in [3.05, 3.63) is 90.0 Å². The lowest BCUT2D eigenvalue weighted by atomic mass is 10.1. The van der Waals surface area contributed by atoms with E-state index in [1.54, 1.807) is 29.1 Å². The van der Waals surface area contributed by atoms with Crippen molar-refractivity contribution < 1.29 is 33.6 Å². The highest BCUT2D eigenvalue weighted by atomic mass is 16.8. The third-order valence-electron chi connectivity index (χ3n) is 7.04. The summed E-state index contributed by atoms with van der Waals surface area (Å²) in [5, 5.41) is 14.7. The number of nitrogens with zero attached hydrogens (tertiary/aromatic N) is 4. The van der Waals surface area contributed by atoms with Gasteiger partial charge in [-0.15, -0.1) is 0 Å². The maximum absolute atomic E-state index is 12.1. The van der Waals surface area contributed by atoms with E-state index in [9.17, 15) is 14.7 Å². The molecule has 6 rings (SSSR count). The van der Waals surface area contributed by atoms with Crippen LogP contribution in [0.25, 0.3) is 17.2 Å². The number of nitrogens with one attached hydrogen (secondary N) is 2. The molecule has 2 fully saturated rings. The smallest absolute Gasteiger partial charge is 0.335 e. The Labute approximate surface area is 246 Å². The number of urea groups is 1. The molecule has 2 amide bonds. The van der Waals surface area contributed by atoms with Gasteiger partial charge in [-0.3, -0.25) is 9.88 Å². The summed E-state index contributed by atoms with van der Waals surface area (Å²) in [7, 11) is 0. The highest BCUT2D eigenvalue weighted by molar-refractivity contribution is 5.95. The molecule has 0 saturated carbocycles. The van der Waals surface area contributed by atoms with Gasteiger partial charge >= 0.3 is 12.0 Å². The molecule has 13 heteroatoms. The lowest BCUT2D eigenvalue weighted by Crippen LogP contribution is -2.31. The van der Waals surface area contributed by atoms with Crippen molar-refractivity contribution in [1.82, 2.24) is 24.8 Å². The maximum atomic E-state index is 12.1. The average Bonchev–Trinajstić information content (AvgIpc) is 3.72. The van der Waals surface area contributed by atoms with E-state index in [1.165, 1.54) is 12.4 Å². The van der Waals surface area contributed by atoms with Crippen LogP contribution in [0.4, 0.5) is 10.6 Å². The van der Waals surface area contributed by atoms with Gasteiger partial charge in [-0.05, 0) is 36.3 Å². The molecular weight excluding hydrogens is 556 g/mol. The summed E-state index contributed by atoms with van der Waals surface area (Å²) >= 11 is 0. The number of imidazole rings is 1. The van der Waals surface area contributed by atoms with Gasteiger partial charge in [0.05, 0.1) is 25.1 Å². The Morgan fingerprint density at radius 1 is 1.05 bits per heavy atom. The van der Waals surface area contributed by atoms with Gasteiger partial charge in [-0.1, -0.05) is 48.5 Å². The highest BCUT2D eigenvalue weighted by Gasteiger charge is 2.53. The van der Waals surface area contributed by atoms with Gasteiger partial charge in [-0.2, -0.15) is 0 Å². The Hall–Kier alpha value is -4.69. The van der Waals surface area contributed by atoms with Crippen LogP contribution in [0.5, 0.6) is 0 Å². The monoisotopic (exact) mass is 586 g/mol. The number of hydrogen-bond acceptors (Lipinski definition) is 9. The molecule has 2 saturated heterocycles. The van der Waals surface area contributed by atoms with E-state index in [0.717, 1.165) is 11.1 Å². The first-order valence-corrected chi connectivity index (χ1v) is 13.8. The molecular formula is C30H30N6O7. The number of benzene rings is 2. The number of rotatable bonds is 10. The van der Waals surface area contributed by atoms with Crippen molar-refractivity contribution in [3.63, 3.8) is 0 Å². The fourth-order valence-electron chi connectivity index (χ4n) is 5.09. The van der Waals surface area contributed by atoms with Gasteiger partial charge in [0.25, 0.3) is 0 Å². The number of amides is 2. The molecule has 43 heavy (non-hydrogen) atoms. The molecule has 13 nitrogen and oxygen atoms in total. The van der Waals surface area contributed by atoms with Crippen molar-refractivity contribution in [2.45, 2.75) is 44.4 Å². The fraction of sp³-hybridized carbons (Fsp3) is 0.300. The quantitative estimate of drug-likeness (QED) is 0.251. The van der Waals surface area contributed by atoms with Gasteiger partial charge in [0.2, 0.25) is 0 Å². The largest absolute Gasteiger partial charge is 0.478 e. The molecule has 2 aliphatic heterocycles. The average molecular weight is 587 g/mol. The number of carbonyl (C=O) groups excluding carboxylic acids is 1. The van der Waals surface area contributed by atoms with Crippen molar-refractivity contribution in [2.24, 2.45) is 0 Å². The molecule has 3 N–H and O–H groups in total. The molecule has 4 heterocycles. The molecule has 4 aromatic rings. The highest BCUT2D eigenvalue weighted by Crippen LogP contribution is 2.41. The molecule has 0 radical (unpaired) electrons. The summed E-state index contributed by atoms with van der Waals surface area (Å²) in [6, 6.07) is 16.0. The Morgan fingerprint density at radius 2 is 1.88 bits per heavy atom. The van der Waals surface area contributed by atoms with Crippen LogP contribution in [0.15, 0.2) is 73.3 Å². The summed E-state index contributed by atoms with van der Waals surface area (Å²) < 4.78 is 26.8. The zero-order valence-electron chi connectivity index (χ0n) is 23.2. The van der Waals surface area contributed by atoms with E-state index >= 15 is 0 Å². The summed E-state index contributed by atoms with van der Waals surface area (Å²) in [5.74, 6) is -0.738. The van der Waals surface area contributed by atoms with Crippen LogP contribution in [0, 0.1) is 0 Å². The van der Waals surface area contributed by atoms with Crippen molar-refractivity contribution in [1.29, 1.82) is 0 Å². The van der Waals surface area contributed by atoms with Gasteiger partial charge in [-0.25, -0.2) is 24.5 Å². The van der Waals surface area contributed by atoms with Crippen LogP contribution in [0.3, 0.4) is 0 Å². The van der Waals surface area contributed by atoms with Crippen LogP contribution in [0.2, 0.25) is 0 Å². The number of carboxylic acids is 1. The van der Waals surface area contributed by atoms with Crippen molar-refractivity contribution in [2.75, 3.05) is 18.5 Å². The number of ether oxygens (including phenoxy) is 4. The first-order valence-electron chi connectivity index (χ1n) is 13.8. The molecule has 2 aromatic carbocycles. The van der Waals surface area contributed by atoms with Gasteiger partial charge < -0.3 is 29.4 Å². The molecule has 5 atom stereocenters. The number of hydrogen-bond donors (Lipinski definition) is 3. The number of carboxylic acid groups (broad SMARTS) is 1. The lowest BCUT2D eigenvalue weighted by Gasteiger charge is -2.20. The minimum atomic E-state index is -1.00. The Bertz CT molecular complexity index is 1630. The Kier molecular flexibility index (Phi) is 8.38. The molecule has 0 bridgehead atoms. The number of anilines is 1. The second-order valence-corrected chi connectivity index (χ2v) is 9.96. The van der Waals surface area contributed by atoms with Crippen molar-refractivity contribution >= 4 is 35.1 Å². The van der Waals surface area contributed by atoms with E-state index < -0.39 is 42.8 Å². The van der Waals surface area contributed by atoms with E-state index in [0.29, 0.717) is 17.7 Å². The zero-order valence-corrected chi connectivity index (χ0v) is 23.2. The molecule has 0 unspecified atom stereocenters. The minimum Gasteiger partial charge on any atom is -0.478 e. The Morgan fingerprint density at radius 3 is 2.70 bits per heavy atom. The number of aromatic carboxylic acids is 1. The summed E-state index contributed by atoms with van der Waals surface area (Å²) in [4.78, 5) is 36.5. The predicted molar refractivity (Wildman–Crippen MR) is 154 cm³/mol. The SMILES string of the molecule is CCNC(=O)Nc1ncnc2c1ncn2[C@@H]1O[C@H](COCc2cccc(C(=O)O)c2)[C@H]2O[C@H](/C=C/c3ccccc3)O[C@H]21. The van der Waals surface area contributed by atoms with Crippen LogP contribution in [0.1, 0.15) is 34.6 Å². The maximum Gasteiger partial charge on any atom is 0.335 e. The summed E-state index contributed by atoms with van der Waals surface area (Å²) in [6.45, 7) is 2.63. The van der Waals surface area contributed by atoms with Crippen LogP contribution in [-0.2, 0) is 25.6 Å². The topological polar surface area (TPSA) is 159 Å². The first-order chi connectivity index (χ1) is 21.0. The molecule has 2 aliphatic rings. The number of aromatic nitrogens is 4. The van der Waals surface area contributed by atoms with Gasteiger partial charge in [0.1, 0.15) is 24.6 Å². The minimum absolute atomic E-state index is 0.166. The summed E-state index contributed by atoms with van der Waals surface area (Å²) in [5.41, 5.74) is 2.76. The van der Waals surface area contributed by atoms with E-state index in [2.05, 4.69) is 25.6 Å². The molecule has 0 aliphatic carbocycles. The standard InChI is InChI=1S/C30H30N6O7/c1-2-31-30(39)35-26-23-27(33-16-32-26)36(17-34-23)28-25-24(42-22(43-25)12-11-18-7-4-3-5-8-18)21(41-28)15-40-14-19-9-6-10-20(13-19)29(37)38/h3-13,16-17,21-22,24-25,28H,2,14-15H2,1H3,(H,37,38)(H2,31,32,33,35,39)/b12-11+/t21-,22+,24-,25-,28-/m1/s1. The van der Waals surface area contributed by atoms with Crippen LogP contribution >= 0.6 is 0 Å². The van der Waals surface area contributed by atoms with E-state index in [-0.39, 0.29) is 24.6 Å². The summed E-state index contributed by atoms with van der Waals surface area (Å²) in [6.07, 6.45) is 3.88.